The molecule has 126 valence electrons. The van der Waals surface area contributed by atoms with E-state index in [0.29, 0.717) is 11.6 Å². The maximum absolute atomic E-state index is 12.5. The molecule has 2 aliphatic rings. The molecule has 3 atom stereocenters. The van der Waals surface area contributed by atoms with Crippen molar-refractivity contribution in [3.63, 3.8) is 0 Å². The number of hydrogen-bond acceptors (Lipinski definition) is 5. The summed E-state index contributed by atoms with van der Waals surface area (Å²) in [7, 11) is 1.47. The molecule has 0 saturated heterocycles. The van der Waals surface area contributed by atoms with Crippen LogP contribution < -0.4 is 5.73 Å². The molecule has 0 spiro atoms. The zero-order chi connectivity index (χ0) is 16.9. The molecule has 2 fully saturated rings. The Morgan fingerprint density at radius 1 is 1.46 bits per heavy atom. The highest BCUT2D eigenvalue weighted by atomic mass is 16.5. The maximum Gasteiger partial charge on any atom is 0.313 e. The Morgan fingerprint density at radius 3 is 3.04 bits per heavy atom. The molecule has 2 saturated carbocycles. The van der Waals surface area contributed by atoms with Crippen molar-refractivity contribution in [2.45, 2.75) is 38.6 Å². The second-order valence-corrected chi connectivity index (χ2v) is 7.17. The number of carbonyl (C=O) groups excluding carboxylic acids is 1. The van der Waals surface area contributed by atoms with Crippen molar-refractivity contribution in [1.29, 1.82) is 0 Å². The second-order valence-electron chi connectivity index (χ2n) is 7.17. The van der Waals surface area contributed by atoms with E-state index in [2.05, 4.69) is 10.3 Å². The molecule has 0 aliphatic heterocycles. The third kappa shape index (κ3) is 2.12. The molecule has 0 radical (unpaired) electrons. The highest BCUT2D eigenvalue weighted by Gasteiger charge is 2.58. The van der Waals surface area contributed by atoms with Gasteiger partial charge in [0.25, 0.3) is 0 Å². The van der Waals surface area contributed by atoms with Gasteiger partial charge in [-0.2, -0.15) is 0 Å². The minimum atomic E-state index is -0.435. The Hall–Kier alpha value is -2.37. The molecule has 6 heteroatoms. The van der Waals surface area contributed by atoms with Gasteiger partial charge in [-0.3, -0.25) is 4.79 Å². The van der Waals surface area contributed by atoms with Crippen LogP contribution in [0.4, 0.5) is 5.69 Å². The number of benzene rings is 1. The van der Waals surface area contributed by atoms with Crippen molar-refractivity contribution >= 4 is 11.7 Å². The van der Waals surface area contributed by atoms with E-state index in [-0.39, 0.29) is 12.0 Å². The first kappa shape index (κ1) is 15.2. The van der Waals surface area contributed by atoms with Crippen LogP contribution in [0, 0.1) is 18.3 Å². The van der Waals surface area contributed by atoms with Gasteiger partial charge in [-0.05, 0) is 56.2 Å². The van der Waals surface area contributed by atoms with Gasteiger partial charge >= 0.3 is 5.97 Å². The van der Waals surface area contributed by atoms with E-state index in [1.165, 1.54) is 7.11 Å². The van der Waals surface area contributed by atoms with Crippen LogP contribution in [0.15, 0.2) is 24.4 Å². The SMILES string of the molecule is COC(=O)C12CCC(CC1n1cc(-c3cc(N)ccc3C)nn1)C2. The number of rotatable bonds is 3. The van der Waals surface area contributed by atoms with Crippen molar-refractivity contribution in [1.82, 2.24) is 15.0 Å². The average Bonchev–Trinajstić information content (AvgIpc) is 3.30. The van der Waals surface area contributed by atoms with Crippen molar-refractivity contribution in [2.24, 2.45) is 11.3 Å². The molecule has 4 rings (SSSR count). The number of nitrogen functional groups attached to an aromatic ring is 1. The normalized spacial score (nSPS) is 28.2. The molecule has 0 amide bonds. The Labute approximate surface area is 141 Å². The van der Waals surface area contributed by atoms with Crippen LogP contribution in [0.5, 0.6) is 0 Å². The lowest BCUT2D eigenvalue weighted by atomic mass is 9.80. The quantitative estimate of drug-likeness (QED) is 0.692. The zero-order valence-corrected chi connectivity index (χ0v) is 14.0. The zero-order valence-electron chi connectivity index (χ0n) is 14.0. The van der Waals surface area contributed by atoms with E-state index in [0.717, 1.165) is 42.5 Å². The summed E-state index contributed by atoms with van der Waals surface area (Å²) in [6.07, 6.45) is 5.78. The molecular formula is C18H22N4O2. The predicted molar refractivity (Wildman–Crippen MR) is 90.1 cm³/mol. The highest BCUT2D eigenvalue weighted by Crippen LogP contribution is 2.60. The summed E-state index contributed by atoms with van der Waals surface area (Å²) in [5.41, 5.74) is 9.06. The molecule has 24 heavy (non-hydrogen) atoms. The van der Waals surface area contributed by atoms with Crippen LogP contribution in [-0.4, -0.2) is 28.1 Å². The number of esters is 1. The summed E-state index contributed by atoms with van der Waals surface area (Å²) in [4.78, 5) is 12.5. The number of ether oxygens (including phenoxy) is 1. The monoisotopic (exact) mass is 326 g/mol. The number of aromatic nitrogens is 3. The van der Waals surface area contributed by atoms with Crippen LogP contribution in [0.25, 0.3) is 11.3 Å². The number of anilines is 1. The fraction of sp³-hybridized carbons (Fsp3) is 0.500. The van der Waals surface area contributed by atoms with Crippen molar-refractivity contribution < 1.29 is 9.53 Å². The first-order chi connectivity index (χ1) is 11.5. The Kier molecular flexibility index (Phi) is 3.37. The van der Waals surface area contributed by atoms with Gasteiger partial charge in [-0.25, -0.2) is 4.68 Å². The number of nitrogens with two attached hydrogens (primary N) is 1. The van der Waals surface area contributed by atoms with E-state index in [9.17, 15) is 4.79 Å². The van der Waals surface area contributed by atoms with Gasteiger partial charge in [0.1, 0.15) is 5.69 Å². The molecule has 1 aromatic carbocycles. The number of fused-ring (bicyclic) bond motifs is 2. The second kappa shape index (κ2) is 5.33. The smallest absolute Gasteiger partial charge is 0.313 e. The first-order valence-electron chi connectivity index (χ1n) is 8.40. The summed E-state index contributed by atoms with van der Waals surface area (Å²) in [6, 6.07) is 5.81. The highest BCUT2D eigenvalue weighted by molar-refractivity contribution is 5.78. The van der Waals surface area contributed by atoms with Gasteiger partial charge in [-0.15, -0.1) is 5.10 Å². The van der Waals surface area contributed by atoms with Crippen LogP contribution in [0.1, 0.15) is 37.3 Å². The fourth-order valence-corrected chi connectivity index (χ4v) is 4.58. The Bertz CT molecular complexity index is 800. The molecule has 3 unspecified atom stereocenters. The minimum absolute atomic E-state index is 0.0336. The van der Waals surface area contributed by atoms with Crippen molar-refractivity contribution in [3.05, 3.63) is 30.0 Å². The summed E-state index contributed by atoms with van der Waals surface area (Å²) in [5, 5.41) is 8.68. The Balaban J connectivity index is 1.70. The lowest BCUT2D eigenvalue weighted by molar-refractivity contribution is -0.154. The molecule has 2 N–H and O–H groups in total. The largest absolute Gasteiger partial charge is 0.469 e. The number of methoxy groups -OCH3 is 1. The van der Waals surface area contributed by atoms with Gasteiger partial charge in [0, 0.05) is 11.3 Å². The molecule has 1 heterocycles. The van der Waals surface area contributed by atoms with E-state index in [1.54, 1.807) is 0 Å². The van der Waals surface area contributed by atoms with Gasteiger partial charge in [-0.1, -0.05) is 11.3 Å². The molecule has 6 nitrogen and oxygen atoms in total. The fourth-order valence-electron chi connectivity index (χ4n) is 4.58. The summed E-state index contributed by atoms with van der Waals surface area (Å²) >= 11 is 0. The van der Waals surface area contributed by atoms with Crippen LogP contribution in [0.3, 0.4) is 0 Å². The number of nitrogens with zero attached hydrogens (tertiary/aromatic N) is 3. The average molecular weight is 326 g/mol. The number of hydrogen-bond donors (Lipinski definition) is 1. The lowest BCUT2D eigenvalue weighted by Gasteiger charge is -2.32. The number of aryl methyl sites for hydroxylation is 1. The van der Waals surface area contributed by atoms with Crippen LogP contribution >= 0.6 is 0 Å². The topological polar surface area (TPSA) is 83.0 Å². The third-order valence-electron chi connectivity index (χ3n) is 5.81. The minimum Gasteiger partial charge on any atom is -0.469 e. The van der Waals surface area contributed by atoms with Crippen LogP contribution in [0.2, 0.25) is 0 Å². The molecular weight excluding hydrogens is 304 g/mol. The van der Waals surface area contributed by atoms with E-state index < -0.39 is 5.41 Å². The predicted octanol–water partition coefficient (Wildman–Crippen LogP) is 2.74. The van der Waals surface area contributed by atoms with E-state index in [4.69, 9.17) is 10.5 Å². The summed E-state index contributed by atoms with van der Waals surface area (Å²) in [5.74, 6) is 0.473. The Morgan fingerprint density at radius 2 is 2.29 bits per heavy atom. The first-order valence-corrected chi connectivity index (χ1v) is 8.40. The van der Waals surface area contributed by atoms with Gasteiger partial charge in [0.2, 0.25) is 0 Å². The van der Waals surface area contributed by atoms with Gasteiger partial charge in [0.05, 0.1) is 24.8 Å². The van der Waals surface area contributed by atoms with Crippen LogP contribution in [-0.2, 0) is 9.53 Å². The summed E-state index contributed by atoms with van der Waals surface area (Å²) < 4.78 is 6.99. The van der Waals surface area contributed by atoms with Crippen molar-refractivity contribution in [3.8, 4) is 11.3 Å². The summed E-state index contributed by atoms with van der Waals surface area (Å²) in [6.45, 7) is 2.03. The van der Waals surface area contributed by atoms with E-state index >= 15 is 0 Å². The third-order valence-corrected chi connectivity index (χ3v) is 5.81. The molecule has 2 aliphatic carbocycles. The lowest BCUT2D eigenvalue weighted by Crippen LogP contribution is -2.37. The van der Waals surface area contributed by atoms with E-state index in [1.807, 2.05) is 36.0 Å². The van der Waals surface area contributed by atoms with Crippen molar-refractivity contribution in [2.75, 3.05) is 12.8 Å². The molecule has 1 aromatic heterocycles. The molecule has 2 aromatic rings. The molecule has 2 bridgehead atoms. The standard InChI is InChI=1S/C18H22N4O2/c1-11-3-4-13(19)8-14(11)15-10-22(21-20-15)16-7-12-5-6-18(16,9-12)17(23)24-2/h3-4,8,10,12,16H,5-7,9,19H2,1-2H3. The maximum atomic E-state index is 12.5. The number of carbonyl (C=O) groups is 1. The van der Waals surface area contributed by atoms with Gasteiger partial charge < -0.3 is 10.5 Å². The van der Waals surface area contributed by atoms with Gasteiger partial charge in [0.15, 0.2) is 0 Å².